The van der Waals surface area contributed by atoms with E-state index >= 15 is 0 Å². The van der Waals surface area contributed by atoms with Crippen molar-refractivity contribution >= 4 is 14.6 Å². The molecule has 0 spiro atoms. The summed E-state index contributed by atoms with van der Waals surface area (Å²) in [7, 11) is -1.93. The van der Waals surface area contributed by atoms with E-state index in [-0.39, 0.29) is 10.8 Å². The average Bonchev–Trinajstić information content (AvgIpc) is 2.14. The molecule has 1 rings (SSSR count). The van der Waals surface area contributed by atoms with Gasteiger partial charge in [0.15, 0.2) is 0 Å². The molecule has 1 N–H and O–H groups in total. The van der Waals surface area contributed by atoms with Crippen molar-refractivity contribution in [3.63, 3.8) is 0 Å². The quantitative estimate of drug-likeness (QED) is 0.660. The highest BCUT2D eigenvalue weighted by Gasteiger charge is 2.39. The number of phenolic OH excluding ortho intramolecular Hbond substituents is 1. The zero-order chi connectivity index (χ0) is 13.3. The summed E-state index contributed by atoms with van der Waals surface area (Å²) in [6.07, 6.45) is 0.707. The molecular weight excluding hydrogens is 232 g/mol. The van der Waals surface area contributed by atoms with E-state index in [1.807, 2.05) is 0 Å². The van der Waals surface area contributed by atoms with Gasteiger partial charge in [-0.2, -0.15) is 0 Å². The van der Waals surface area contributed by atoms with Crippen LogP contribution in [0, 0.1) is 0 Å². The molecule has 0 aliphatic heterocycles. The molecule has 0 saturated carbocycles. The van der Waals surface area contributed by atoms with Crippen molar-refractivity contribution in [1.29, 1.82) is 0 Å². The van der Waals surface area contributed by atoms with E-state index in [1.54, 1.807) is 12.1 Å². The van der Waals surface area contributed by atoms with Gasteiger partial charge in [0.05, 0.1) is 0 Å². The van der Waals surface area contributed by atoms with Gasteiger partial charge >= 0.3 is 0 Å². The van der Waals surface area contributed by atoms with Crippen LogP contribution in [0.1, 0.15) is 31.1 Å². The second-order valence-corrected chi connectivity index (χ2v) is 10.5. The van der Waals surface area contributed by atoms with Crippen molar-refractivity contribution in [2.75, 3.05) is 0 Å². The number of aldehydes is 1. The molecule has 1 aromatic carbocycles. The third-order valence-electron chi connectivity index (χ3n) is 3.23. The molecule has 0 saturated heterocycles. The van der Waals surface area contributed by atoms with Gasteiger partial charge in [-0.05, 0) is 30.3 Å². The van der Waals surface area contributed by atoms with E-state index < -0.39 is 8.32 Å². The smallest absolute Gasteiger partial charge is 0.250 e. The molecule has 0 bridgehead atoms. The predicted octanol–water partition coefficient (Wildman–Crippen LogP) is 3.59. The molecule has 0 amide bonds. The monoisotopic (exact) mass is 252 g/mol. The van der Waals surface area contributed by atoms with Crippen LogP contribution in [0.25, 0.3) is 0 Å². The summed E-state index contributed by atoms with van der Waals surface area (Å²) in [6.45, 7) is 10.7. The summed E-state index contributed by atoms with van der Waals surface area (Å²) in [5.41, 5.74) is 0.429. The number of hydrogen-bond acceptors (Lipinski definition) is 3. The molecular formula is C13H20O3Si. The molecule has 0 radical (unpaired) electrons. The Morgan fingerprint density at radius 1 is 1.24 bits per heavy atom. The summed E-state index contributed by atoms with van der Waals surface area (Å²) in [6, 6.07) is 4.63. The number of benzene rings is 1. The summed E-state index contributed by atoms with van der Waals surface area (Å²) in [4.78, 5) is 10.7. The van der Waals surface area contributed by atoms with Gasteiger partial charge in [-0.15, -0.1) is 0 Å². The van der Waals surface area contributed by atoms with E-state index in [0.717, 1.165) is 0 Å². The second-order valence-electron chi connectivity index (χ2n) is 5.74. The molecule has 0 fully saturated rings. The number of hydrogen-bond donors (Lipinski definition) is 1. The highest BCUT2D eigenvalue weighted by molar-refractivity contribution is 6.74. The maximum Gasteiger partial charge on any atom is 0.250 e. The molecule has 0 unspecified atom stereocenters. The van der Waals surface area contributed by atoms with Crippen molar-refractivity contribution in [2.24, 2.45) is 0 Å². The maximum atomic E-state index is 10.7. The Labute approximate surface area is 104 Å². The molecule has 0 atom stereocenters. The van der Waals surface area contributed by atoms with E-state index in [1.165, 1.54) is 6.07 Å². The molecule has 1 aromatic rings. The number of carbonyl (C=O) groups is 1. The predicted molar refractivity (Wildman–Crippen MR) is 71.3 cm³/mol. The first-order chi connectivity index (χ1) is 7.65. The van der Waals surface area contributed by atoms with Gasteiger partial charge in [-0.25, -0.2) is 0 Å². The topological polar surface area (TPSA) is 46.5 Å². The van der Waals surface area contributed by atoms with Crippen molar-refractivity contribution in [3.8, 4) is 11.5 Å². The largest absolute Gasteiger partial charge is 0.543 e. The minimum atomic E-state index is -1.93. The Morgan fingerprint density at radius 3 is 2.29 bits per heavy atom. The van der Waals surface area contributed by atoms with Crippen molar-refractivity contribution in [1.82, 2.24) is 0 Å². The average molecular weight is 252 g/mol. The van der Waals surface area contributed by atoms with Crippen LogP contribution < -0.4 is 4.43 Å². The highest BCUT2D eigenvalue weighted by atomic mass is 28.4. The Bertz CT molecular complexity index is 419. The van der Waals surface area contributed by atoms with Crippen LogP contribution >= 0.6 is 0 Å². The fourth-order valence-electron chi connectivity index (χ4n) is 1.18. The summed E-state index contributed by atoms with van der Waals surface area (Å²) < 4.78 is 6.01. The number of phenols is 1. The minimum Gasteiger partial charge on any atom is -0.543 e. The first-order valence-corrected chi connectivity index (χ1v) is 8.55. The van der Waals surface area contributed by atoms with E-state index in [9.17, 15) is 9.90 Å². The van der Waals surface area contributed by atoms with Gasteiger partial charge in [0.25, 0.3) is 0 Å². The molecule has 0 aliphatic carbocycles. The van der Waals surface area contributed by atoms with Crippen LogP contribution in [0.4, 0.5) is 0 Å². The van der Waals surface area contributed by atoms with E-state index in [4.69, 9.17) is 4.43 Å². The van der Waals surface area contributed by atoms with Gasteiger partial charge in [0.2, 0.25) is 8.32 Å². The van der Waals surface area contributed by atoms with Gasteiger partial charge in [0, 0.05) is 11.6 Å². The van der Waals surface area contributed by atoms with Crippen LogP contribution in [0.3, 0.4) is 0 Å². The normalized spacial score (nSPS) is 12.3. The Morgan fingerprint density at radius 2 is 1.82 bits per heavy atom. The van der Waals surface area contributed by atoms with Crippen LogP contribution in [0.15, 0.2) is 18.2 Å². The van der Waals surface area contributed by atoms with E-state index in [0.29, 0.717) is 17.6 Å². The third-order valence-corrected chi connectivity index (χ3v) is 7.59. The lowest BCUT2D eigenvalue weighted by atomic mass is 10.2. The minimum absolute atomic E-state index is 0.0586. The molecule has 0 aromatic heterocycles. The van der Waals surface area contributed by atoms with Gasteiger partial charge in [-0.3, -0.25) is 4.79 Å². The Hall–Kier alpha value is -1.29. The van der Waals surface area contributed by atoms with Crippen molar-refractivity contribution in [3.05, 3.63) is 23.8 Å². The van der Waals surface area contributed by atoms with Crippen LogP contribution in [-0.4, -0.2) is 19.7 Å². The summed E-state index contributed by atoms with van der Waals surface area (Å²) in [5, 5.41) is 9.58. The molecule has 3 nitrogen and oxygen atoms in total. The Balaban J connectivity index is 3.03. The lowest BCUT2D eigenvalue weighted by Crippen LogP contribution is -2.43. The lowest BCUT2D eigenvalue weighted by Gasteiger charge is -2.36. The fraction of sp³-hybridized carbons (Fsp3) is 0.462. The third kappa shape index (κ3) is 3.33. The first kappa shape index (κ1) is 13.8. The zero-order valence-corrected chi connectivity index (χ0v) is 12.1. The van der Waals surface area contributed by atoms with Gasteiger partial charge < -0.3 is 9.53 Å². The molecule has 94 valence electrons. The highest BCUT2D eigenvalue weighted by Crippen LogP contribution is 2.38. The van der Waals surface area contributed by atoms with Crippen LogP contribution in [-0.2, 0) is 0 Å². The molecule has 17 heavy (non-hydrogen) atoms. The number of carbonyl (C=O) groups excluding carboxylic acids is 1. The lowest BCUT2D eigenvalue weighted by molar-refractivity contribution is 0.112. The number of aromatic hydroxyl groups is 1. The standard InChI is InChI=1S/C13H20O3Si/c1-13(2,3)17(4,5)16-12-7-10(9-14)6-11(15)8-12/h6-9,15H,1-5H3. The van der Waals surface area contributed by atoms with Crippen molar-refractivity contribution in [2.45, 2.75) is 38.9 Å². The second kappa shape index (κ2) is 4.53. The van der Waals surface area contributed by atoms with Crippen molar-refractivity contribution < 1.29 is 14.3 Å². The zero-order valence-electron chi connectivity index (χ0n) is 11.1. The van der Waals surface area contributed by atoms with Gasteiger partial charge in [0.1, 0.15) is 17.8 Å². The molecule has 0 aliphatic rings. The van der Waals surface area contributed by atoms with Crippen LogP contribution in [0.5, 0.6) is 11.5 Å². The SMILES string of the molecule is CC(C)(C)[Si](C)(C)Oc1cc(O)cc(C=O)c1. The first-order valence-electron chi connectivity index (χ1n) is 5.64. The summed E-state index contributed by atoms with van der Waals surface area (Å²) in [5.74, 6) is 0.627. The fourth-order valence-corrected chi connectivity index (χ4v) is 2.19. The molecule has 0 heterocycles. The van der Waals surface area contributed by atoms with Gasteiger partial charge in [-0.1, -0.05) is 20.8 Å². The molecule has 4 heteroatoms. The Kier molecular flexibility index (Phi) is 3.67. The number of rotatable bonds is 3. The van der Waals surface area contributed by atoms with E-state index in [2.05, 4.69) is 33.9 Å². The van der Waals surface area contributed by atoms with Crippen LogP contribution in [0.2, 0.25) is 18.1 Å². The summed E-state index contributed by atoms with van der Waals surface area (Å²) >= 11 is 0. The maximum absolute atomic E-state index is 10.7.